The number of hydrogen-bond donors (Lipinski definition) is 1. The van der Waals surface area contributed by atoms with Crippen molar-refractivity contribution < 1.29 is 0 Å². The zero-order valence-corrected chi connectivity index (χ0v) is 10.9. The second-order valence-electron chi connectivity index (χ2n) is 3.98. The van der Waals surface area contributed by atoms with E-state index in [0.717, 1.165) is 34.8 Å². The standard InChI is InChI=1S/C12H16N4S/c1-3-11-9(6-8(2)15-16-11)10(13)7-12-14-4-5-17-12/h4-6,10H,3,7,13H2,1-2H3. The molecule has 1 unspecified atom stereocenters. The maximum Gasteiger partial charge on any atom is 0.0943 e. The Bertz CT molecular complexity index is 481. The minimum atomic E-state index is -0.0506. The summed E-state index contributed by atoms with van der Waals surface area (Å²) in [5.74, 6) is 0. The molecule has 0 bridgehead atoms. The van der Waals surface area contributed by atoms with Gasteiger partial charge in [-0.2, -0.15) is 10.2 Å². The first-order valence-electron chi connectivity index (χ1n) is 5.67. The van der Waals surface area contributed by atoms with Gasteiger partial charge in [-0.3, -0.25) is 0 Å². The molecule has 0 aliphatic carbocycles. The molecule has 90 valence electrons. The fourth-order valence-corrected chi connectivity index (χ4v) is 2.46. The van der Waals surface area contributed by atoms with Crippen molar-refractivity contribution in [1.82, 2.24) is 15.2 Å². The Morgan fingerprint density at radius 1 is 1.41 bits per heavy atom. The normalized spacial score (nSPS) is 12.6. The lowest BCUT2D eigenvalue weighted by molar-refractivity contribution is 0.689. The van der Waals surface area contributed by atoms with Gasteiger partial charge in [0.1, 0.15) is 0 Å². The second-order valence-corrected chi connectivity index (χ2v) is 4.96. The van der Waals surface area contributed by atoms with Crippen LogP contribution < -0.4 is 5.73 Å². The largest absolute Gasteiger partial charge is 0.324 e. The highest BCUT2D eigenvalue weighted by Crippen LogP contribution is 2.20. The third-order valence-electron chi connectivity index (χ3n) is 2.64. The second kappa shape index (κ2) is 5.33. The minimum absolute atomic E-state index is 0.0506. The highest BCUT2D eigenvalue weighted by molar-refractivity contribution is 7.09. The van der Waals surface area contributed by atoms with E-state index in [1.807, 2.05) is 24.6 Å². The number of aromatic nitrogens is 3. The monoisotopic (exact) mass is 248 g/mol. The molecule has 1 atom stereocenters. The van der Waals surface area contributed by atoms with E-state index in [-0.39, 0.29) is 6.04 Å². The van der Waals surface area contributed by atoms with Gasteiger partial charge in [0.15, 0.2) is 0 Å². The van der Waals surface area contributed by atoms with Gasteiger partial charge >= 0.3 is 0 Å². The summed E-state index contributed by atoms with van der Waals surface area (Å²) < 4.78 is 0. The van der Waals surface area contributed by atoms with Crippen LogP contribution in [0.4, 0.5) is 0 Å². The highest BCUT2D eigenvalue weighted by Gasteiger charge is 2.14. The quantitative estimate of drug-likeness (QED) is 0.899. The molecule has 2 heterocycles. The van der Waals surface area contributed by atoms with Crippen LogP contribution in [0, 0.1) is 6.92 Å². The number of aryl methyl sites for hydroxylation is 2. The van der Waals surface area contributed by atoms with E-state index >= 15 is 0 Å². The Kier molecular flexibility index (Phi) is 3.81. The van der Waals surface area contributed by atoms with Crippen LogP contribution in [0.15, 0.2) is 17.6 Å². The van der Waals surface area contributed by atoms with Crippen molar-refractivity contribution in [2.75, 3.05) is 0 Å². The Hall–Kier alpha value is -1.33. The van der Waals surface area contributed by atoms with Gasteiger partial charge in [0.2, 0.25) is 0 Å². The molecule has 2 N–H and O–H groups in total. The van der Waals surface area contributed by atoms with Crippen LogP contribution >= 0.6 is 11.3 Å². The lowest BCUT2D eigenvalue weighted by atomic mass is 10.0. The van der Waals surface area contributed by atoms with Gasteiger partial charge in [0.25, 0.3) is 0 Å². The first-order chi connectivity index (χ1) is 8.20. The van der Waals surface area contributed by atoms with Crippen molar-refractivity contribution >= 4 is 11.3 Å². The molecule has 0 saturated carbocycles. The maximum absolute atomic E-state index is 6.23. The SMILES string of the molecule is CCc1nnc(C)cc1C(N)Cc1nccs1. The van der Waals surface area contributed by atoms with Gasteiger partial charge < -0.3 is 5.73 Å². The molecule has 5 heteroatoms. The molecule has 2 aromatic rings. The molecule has 4 nitrogen and oxygen atoms in total. The molecular formula is C12H16N4S. The molecule has 0 radical (unpaired) electrons. The van der Waals surface area contributed by atoms with Crippen LogP contribution in [0.5, 0.6) is 0 Å². The smallest absolute Gasteiger partial charge is 0.0943 e. The van der Waals surface area contributed by atoms with Gasteiger partial charge in [-0.05, 0) is 25.0 Å². The molecule has 2 rings (SSSR count). The third-order valence-corrected chi connectivity index (χ3v) is 3.44. The molecule has 2 aromatic heterocycles. The van der Waals surface area contributed by atoms with Crippen LogP contribution in [0.25, 0.3) is 0 Å². The van der Waals surface area contributed by atoms with E-state index in [1.54, 1.807) is 11.3 Å². The summed E-state index contributed by atoms with van der Waals surface area (Å²) in [4.78, 5) is 4.26. The zero-order valence-electron chi connectivity index (χ0n) is 10.1. The van der Waals surface area contributed by atoms with E-state index in [1.165, 1.54) is 0 Å². The number of hydrogen-bond acceptors (Lipinski definition) is 5. The van der Waals surface area contributed by atoms with Gasteiger partial charge in [0, 0.05) is 24.0 Å². The Morgan fingerprint density at radius 3 is 2.88 bits per heavy atom. The van der Waals surface area contributed by atoms with Crippen molar-refractivity contribution in [3.63, 3.8) is 0 Å². The summed E-state index contributed by atoms with van der Waals surface area (Å²) in [5.41, 5.74) is 9.22. The third kappa shape index (κ3) is 2.87. The average Bonchev–Trinajstić information content (AvgIpc) is 2.81. The molecule has 0 spiro atoms. The van der Waals surface area contributed by atoms with E-state index < -0.39 is 0 Å². The van der Waals surface area contributed by atoms with Crippen molar-refractivity contribution in [3.05, 3.63) is 39.6 Å². The summed E-state index contributed by atoms with van der Waals surface area (Å²) in [6.07, 6.45) is 3.42. The Morgan fingerprint density at radius 2 is 2.24 bits per heavy atom. The van der Waals surface area contributed by atoms with Gasteiger partial charge in [-0.25, -0.2) is 4.98 Å². The van der Waals surface area contributed by atoms with Crippen LogP contribution in [-0.4, -0.2) is 15.2 Å². The van der Waals surface area contributed by atoms with E-state index in [0.29, 0.717) is 0 Å². The summed E-state index contributed by atoms with van der Waals surface area (Å²) in [6.45, 7) is 4.00. The topological polar surface area (TPSA) is 64.7 Å². The number of nitrogens with zero attached hydrogens (tertiary/aromatic N) is 3. The molecule has 0 fully saturated rings. The molecule has 17 heavy (non-hydrogen) atoms. The number of thiazole rings is 1. The molecule has 0 saturated heterocycles. The molecule has 0 aromatic carbocycles. The molecule has 0 amide bonds. The summed E-state index contributed by atoms with van der Waals surface area (Å²) in [5, 5.41) is 11.3. The fourth-order valence-electron chi connectivity index (χ4n) is 1.78. The first kappa shape index (κ1) is 12.1. The van der Waals surface area contributed by atoms with E-state index in [4.69, 9.17) is 5.73 Å². The maximum atomic E-state index is 6.23. The highest BCUT2D eigenvalue weighted by atomic mass is 32.1. The van der Waals surface area contributed by atoms with Crippen LogP contribution in [0.2, 0.25) is 0 Å². The summed E-state index contributed by atoms with van der Waals surface area (Å²) >= 11 is 1.64. The van der Waals surface area contributed by atoms with E-state index in [9.17, 15) is 0 Å². The summed E-state index contributed by atoms with van der Waals surface area (Å²) in [6, 6.07) is 1.98. The predicted octanol–water partition coefficient (Wildman–Crippen LogP) is 2.05. The minimum Gasteiger partial charge on any atom is -0.324 e. The molecule has 0 aliphatic rings. The lowest BCUT2D eigenvalue weighted by Gasteiger charge is -2.13. The first-order valence-corrected chi connectivity index (χ1v) is 6.55. The Balaban J connectivity index is 2.23. The molecular weight excluding hydrogens is 232 g/mol. The van der Waals surface area contributed by atoms with Gasteiger partial charge in [0.05, 0.1) is 16.4 Å². The number of nitrogens with two attached hydrogens (primary N) is 1. The van der Waals surface area contributed by atoms with Crippen LogP contribution in [0.3, 0.4) is 0 Å². The average molecular weight is 248 g/mol. The van der Waals surface area contributed by atoms with Gasteiger partial charge in [-0.1, -0.05) is 6.92 Å². The van der Waals surface area contributed by atoms with E-state index in [2.05, 4.69) is 22.1 Å². The predicted molar refractivity (Wildman–Crippen MR) is 68.9 cm³/mol. The van der Waals surface area contributed by atoms with Crippen molar-refractivity contribution in [2.45, 2.75) is 32.7 Å². The summed E-state index contributed by atoms with van der Waals surface area (Å²) in [7, 11) is 0. The van der Waals surface area contributed by atoms with Crippen LogP contribution in [0.1, 0.15) is 34.9 Å². The Labute approximate surface area is 105 Å². The van der Waals surface area contributed by atoms with Crippen molar-refractivity contribution in [2.24, 2.45) is 5.73 Å². The van der Waals surface area contributed by atoms with Crippen LogP contribution in [-0.2, 0) is 12.8 Å². The fraction of sp³-hybridized carbons (Fsp3) is 0.417. The lowest BCUT2D eigenvalue weighted by Crippen LogP contribution is -2.17. The van der Waals surface area contributed by atoms with Crippen molar-refractivity contribution in [3.8, 4) is 0 Å². The van der Waals surface area contributed by atoms with Crippen molar-refractivity contribution in [1.29, 1.82) is 0 Å². The number of rotatable bonds is 4. The zero-order chi connectivity index (χ0) is 12.3. The van der Waals surface area contributed by atoms with Gasteiger partial charge in [-0.15, -0.1) is 11.3 Å². The molecule has 0 aliphatic heterocycles.